The third-order valence-electron chi connectivity index (χ3n) is 2.79. The highest BCUT2D eigenvalue weighted by atomic mass is 32.1. The van der Waals surface area contributed by atoms with Gasteiger partial charge in [-0.3, -0.25) is 0 Å². The maximum absolute atomic E-state index is 12.0. The summed E-state index contributed by atoms with van der Waals surface area (Å²) in [6.07, 6.45) is -0.930. The summed E-state index contributed by atoms with van der Waals surface area (Å²) in [6.45, 7) is -1.32. The van der Waals surface area contributed by atoms with Crippen molar-refractivity contribution in [3.8, 4) is 0 Å². The van der Waals surface area contributed by atoms with Crippen molar-refractivity contribution in [2.75, 3.05) is 13.1 Å². The number of carbonyl (C=O) groups is 1. The third kappa shape index (κ3) is 5.07. The Kier molecular flexibility index (Phi) is 5.18. The molecular formula is C10H16F3N3OS. The first-order valence-electron chi connectivity index (χ1n) is 5.69. The maximum Gasteiger partial charge on any atom is 0.405 e. The number of nitrogens with zero attached hydrogens (tertiary/aromatic N) is 1. The van der Waals surface area contributed by atoms with E-state index in [-0.39, 0.29) is 17.6 Å². The number of hydrogen-bond donors (Lipinski definition) is 2. The fourth-order valence-electron chi connectivity index (χ4n) is 2.03. The molecule has 0 radical (unpaired) electrons. The van der Waals surface area contributed by atoms with Crippen LogP contribution in [0.1, 0.15) is 25.7 Å². The number of nitrogens with two attached hydrogens (primary N) is 1. The van der Waals surface area contributed by atoms with E-state index < -0.39 is 18.8 Å². The van der Waals surface area contributed by atoms with Gasteiger partial charge < -0.3 is 16.0 Å². The smallest absolute Gasteiger partial charge is 0.392 e. The summed E-state index contributed by atoms with van der Waals surface area (Å²) in [4.78, 5) is 13.1. The Morgan fingerprint density at radius 2 is 1.94 bits per heavy atom. The zero-order valence-electron chi connectivity index (χ0n) is 9.79. The van der Waals surface area contributed by atoms with Gasteiger partial charge in [-0.05, 0) is 12.8 Å². The van der Waals surface area contributed by atoms with Gasteiger partial charge in [0.15, 0.2) is 0 Å². The molecule has 0 aromatic rings. The number of thiocarbonyl (C=S) groups is 1. The SMILES string of the molecule is NC(=S)CN(C(=O)NCC(F)(F)F)C1CCCC1. The summed E-state index contributed by atoms with van der Waals surface area (Å²) >= 11 is 4.72. The van der Waals surface area contributed by atoms with Gasteiger partial charge in [0.1, 0.15) is 6.54 Å². The standard InChI is InChI=1S/C10H16F3N3OS/c11-10(12,13)6-15-9(17)16(5-8(14)18)7-3-1-2-4-7/h7H,1-6H2,(H2,14,18)(H,15,17). The van der Waals surface area contributed by atoms with E-state index in [9.17, 15) is 18.0 Å². The summed E-state index contributed by atoms with van der Waals surface area (Å²) in [5, 5.41) is 1.85. The highest BCUT2D eigenvalue weighted by molar-refractivity contribution is 7.80. The van der Waals surface area contributed by atoms with Crippen LogP contribution in [0.15, 0.2) is 0 Å². The zero-order chi connectivity index (χ0) is 13.8. The molecule has 1 aliphatic rings. The molecule has 0 atom stereocenters. The molecule has 0 unspecified atom stereocenters. The molecule has 2 amide bonds. The zero-order valence-corrected chi connectivity index (χ0v) is 10.6. The highest BCUT2D eigenvalue weighted by Gasteiger charge is 2.31. The largest absolute Gasteiger partial charge is 0.405 e. The lowest BCUT2D eigenvalue weighted by Crippen LogP contribution is -2.50. The average Bonchev–Trinajstić information content (AvgIpc) is 2.74. The van der Waals surface area contributed by atoms with Gasteiger partial charge in [0.2, 0.25) is 0 Å². The molecule has 0 aromatic carbocycles. The minimum Gasteiger partial charge on any atom is -0.392 e. The number of amides is 2. The van der Waals surface area contributed by atoms with Crippen LogP contribution in [0.3, 0.4) is 0 Å². The van der Waals surface area contributed by atoms with Gasteiger partial charge >= 0.3 is 12.2 Å². The lowest BCUT2D eigenvalue weighted by atomic mass is 10.2. The van der Waals surface area contributed by atoms with E-state index in [4.69, 9.17) is 18.0 Å². The minimum atomic E-state index is -4.42. The second-order valence-electron chi connectivity index (χ2n) is 4.31. The first kappa shape index (κ1) is 15.0. The van der Waals surface area contributed by atoms with E-state index in [1.165, 1.54) is 4.90 Å². The number of hydrogen-bond acceptors (Lipinski definition) is 2. The number of rotatable bonds is 4. The first-order valence-corrected chi connectivity index (χ1v) is 6.10. The topological polar surface area (TPSA) is 58.4 Å². The van der Waals surface area contributed by atoms with Crippen LogP contribution >= 0.6 is 12.2 Å². The molecule has 0 heterocycles. The Morgan fingerprint density at radius 1 is 1.39 bits per heavy atom. The van der Waals surface area contributed by atoms with Crippen molar-refractivity contribution in [2.45, 2.75) is 37.9 Å². The van der Waals surface area contributed by atoms with Crippen molar-refractivity contribution < 1.29 is 18.0 Å². The Balaban J connectivity index is 2.58. The van der Waals surface area contributed by atoms with E-state index in [1.807, 2.05) is 5.32 Å². The quantitative estimate of drug-likeness (QED) is 0.773. The molecule has 1 rings (SSSR count). The second-order valence-corrected chi connectivity index (χ2v) is 4.83. The Bertz CT molecular complexity index is 316. The van der Waals surface area contributed by atoms with Crippen LogP contribution in [-0.4, -0.2) is 41.2 Å². The third-order valence-corrected chi connectivity index (χ3v) is 2.92. The second kappa shape index (κ2) is 6.21. The first-order chi connectivity index (χ1) is 8.29. The minimum absolute atomic E-state index is 0.0176. The lowest BCUT2D eigenvalue weighted by Gasteiger charge is -2.28. The van der Waals surface area contributed by atoms with Crippen molar-refractivity contribution >= 4 is 23.2 Å². The van der Waals surface area contributed by atoms with E-state index in [2.05, 4.69) is 0 Å². The van der Waals surface area contributed by atoms with Gasteiger partial charge in [-0.15, -0.1) is 0 Å². The fourth-order valence-corrected chi connectivity index (χ4v) is 2.17. The number of alkyl halides is 3. The summed E-state index contributed by atoms with van der Waals surface area (Å²) in [6, 6.07) is -0.827. The lowest BCUT2D eigenvalue weighted by molar-refractivity contribution is -0.123. The van der Waals surface area contributed by atoms with Crippen LogP contribution in [0.5, 0.6) is 0 Å². The molecule has 1 aliphatic carbocycles. The fraction of sp³-hybridized carbons (Fsp3) is 0.800. The van der Waals surface area contributed by atoms with E-state index >= 15 is 0 Å². The highest BCUT2D eigenvalue weighted by Crippen LogP contribution is 2.23. The normalized spacial score (nSPS) is 16.6. The van der Waals surface area contributed by atoms with Crippen molar-refractivity contribution in [2.24, 2.45) is 5.73 Å². The van der Waals surface area contributed by atoms with Crippen molar-refractivity contribution in [3.05, 3.63) is 0 Å². The number of urea groups is 1. The van der Waals surface area contributed by atoms with Crippen LogP contribution in [-0.2, 0) is 0 Å². The van der Waals surface area contributed by atoms with Gasteiger partial charge in [0, 0.05) is 6.04 Å². The van der Waals surface area contributed by atoms with Crippen LogP contribution in [0.2, 0.25) is 0 Å². The monoisotopic (exact) mass is 283 g/mol. The molecule has 0 aromatic heterocycles. The Morgan fingerprint density at radius 3 is 2.39 bits per heavy atom. The summed E-state index contributed by atoms with van der Waals surface area (Å²) < 4.78 is 36.1. The van der Waals surface area contributed by atoms with Crippen molar-refractivity contribution in [1.82, 2.24) is 10.2 Å². The molecule has 1 saturated carbocycles. The van der Waals surface area contributed by atoms with Crippen molar-refractivity contribution in [1.29, 1.82) is 0 Å². The van der Waals surface area contributed by atoms with Gasteiger partial charge in [-0.25, -0.2) is 4.79 Å². The molecule has 1 fully saturated rings. The number of nitrogens with one attached hydrogen (secondary N) is 1. The number of carbonyl (C=O) groups excluding carboxylic acids is 1. The molecule has 0 bridgehead atoms. The van der Waals surface area contributed by atoms with Gasteiger partial charge in [-0.1, -0.05) is 25.1 Å². The molecule has 18 heavy (non-hydrogen) atoms. The maximum atomic E-state index is 12.0. The molecule has 0 aliphatic heterocycles. The van der Waals surface area contributed by atoms with Gasteiger partial charge in [0.05, 0.1) is 11.5 Å². The summed E-state index contributed by atoms with van der Waals surface area (Å²) in [7, 11) is 0. The molecule has 8 heteroatoms. The summed E-state index contributed by atoms with van der Waals surface area (Å²) in [5.74, 6) is 0. The molecule has 4 nitrogen and oxygen atoms in total. The van der Waals surface area contributed by atoms with Crippen LogP contribution in [0.25, 0.3) is 0 Å². The van der Waals surface area contributed by atoms with E-state index in [1.54, 1.807) is 0 Å². The van der Waals surface area contributed by atoms with Crippen LogP contribution < -0.4 is 11.1 Å². The number of halogens is 3. The Hall–Kier alpha value is -1.05. The molecule has 104 valence electrons. The summed E-state index contributed by atoms with van der Waals surface area (Å²) in [5.41, 5.74) is 5.37. The van der Waals surface area contributed by atoms with E-state index in [0.717, 1.165) is 25.7 Å². The van der Waals surface area contributed by atoms with E-state index in [0.29, 0.717) is 0 Å². The van der Waals surface area contributed by atoms with Crippen LogP contribution in [0.4, 0.5) is 18.0 Å². The predicted octanol–water partition coefficient (Wildman–Crippen LogP) is 1.79. The molecule has 3 N–H and O–H groups in total. The molecular weight excluding hydrogens is 267 g/mol. The average molecular weight is 283 g/mol. The van der Waals surface area contributed by atoms with Gasteiger partial charge in [0.25, 0.3) is 0 Å². The van der Waals surface area contributed by atoms with Crippen LogP contribution in [0, 0.1) is 0 Å². The molecule has 0 saturated heterocycles. The molecule has 0 spiro atoms. The van der Waals surface area contributed by atoms with Gasteiger partial charge in [-0.2, -0.15) is 13.2 Å². The predicted molar refractivity (Wildman–Crippen MR) is 65.2 cm³/mol. The van der Waals surface area contributed by atoms with Crippen molar-refractivity contribution in [3.63, 3.8) is 0 Å². The Labute approximate surface area is 109 Å².